The number of amides is 1. The third-order valence-corrected chi connectivity index (χ3v) is 5.67. The smallest absolute Gasteiger partial charge is 0.260 e. The van der Waals surface area contributed by atoms with Gasteiger partial charge in [0.2, 0.25) is 0 Å². The van der Waals surface area contributed by atoms with Crippen LogP contribution in [0.25, 0.3) is 10.2 Å². The van der Waals surface area contributed by atoms with E-state index in [1.807, 2.05) is 42.5 Å². The van der Waals surface area contributed by atoms with Gasteiger partial charge in [-0.2, -0.15) is 0 Å². The molecule has 2 aromatic carbocycles. The van der Waals surface area contributed by atoms with E-state index in [1.54, 1.807) is 29.4 Å². The van der Waals surface area contributed by atoms with E-state index in [0.717, 1.165) is 35.0 Å². The number of carbonyl (C=O) groups is 1. The number of anilines is 1. The topological polar surface area (TPSA) is 45.7 Å². The Kier molecular flexibility index (Phi) is 8.23. The van der Waals surface area contributed by atoms with Gasteiger partial charge in [-0.15, -0.1) is 12.4 Å². The van der Waals surface area contributed by atoms with Crippen LogP contribution in [0, 0.1) is 0 Å². The first-order valence-electron chi connectivity index (χ1n) is 9.20. The monoisotopic (exact) mass is 419 g/mol. The number of benzene rings is 2. The molecule has 3 aromatic rings. The number of nitrogens with zero attached hydrogens (tertiary/aromatic N) is 3. The van der Waals surface area contributed by atoms with E-state index in [2.05, 4.69) is 18.7 Å². The van der Waals surface area contributed by atoms with Crippen molar-refractivity contribution in [3.8, 4) is 5.75 Å². The molecule has 0 saturated heterocycles. The lowest BCUT2D eigenvalue weighted by molar-refractivity contribution is 0.0983. The fraction of sp³-hybridized carbons (Fsp3) is 0.333. The maximum absolute atomic E-state index is 13.3. The van der Waals surface area contributed by atoms with Crippen LogP contribution in [0.5, 0.6) is 5.75 Å². The molecule has 0 aliphatic heterocycles. The van der Waals surface area contributed by atoms with Crippen LogP contribution in [0.15, 0.2) is 48.5 Å². The quantitative estimate of drug-likeness (QED) is 0.530. The molecule has 0 aliphatic rings. The number of fused-ring (bicyclic) bond motifs is 1. The minimum atomic E-state index is -0.0555. The summed E-state index contributed by atoms with van der Waals surface area (Å²) in [5.41, 5.74) is 1.52. The molecule has 0 radical (unpaired) electrons. The van der Waals surface area contributed by atoms with Gasteiger partial charge in [0.25, 0.3) is 5.91 Å². The Morgan fingerprint density at radius 2 is 1.82 bits per heavy atom. The van der Waals surface area contributed by atoms with Crippen molar-refractivity contribution in [1.82, 2.24) is 9.88 Å². The maximum atomic E-state index is 13.3. The second-order valence-corrected chi connectivity index (χ2v) is 7.19. The van der Waals surface area contributed by atoms with Crippen LogP contribution in [0.3, 0.4) is 0 Å². The summed E-state index contributed by atoms with van der Waals surface area (Å²) >= 11 is 1.55. The molecule has 7 heteroatoms. The first-order chi connectivity index (χ1) is 13.2. The predicted molar refractivity (Wildman–Crippen MR) is 119 cm³/mol. The molecule has 5 nitrogen and oxygen atoms in total. The summed E-state index contributed by atoms with van der Waals surface area (Å²) in [6.45, 7) is 7.58. The van der Waals surface area contributed by atoms with Crippen molar-refractivity contribution >= 4 is 45.0 Å². The summed E-state index contributed by atoms with van der Waals surface area (Å²) < 4.78 is 6.36. The van der Waals surface area contributed by atoms with Gasteiger partial charge < -0.3 is 9.64 Å². The van der Waals surface area contributed by atoms with Crippen molar-refractivity contribution in [2.45, 2.75) is 13.8 Å². The van der Waals surface area contributed by atoms with Crippen LogP contribution in [-0.4, -0.2) is 49.1 Å². The number of halogens is 1. The molecule has 1 amide bonds. The SMILES string of the molecule is CCN(CC)CCN(C(=O)c1cccc(OC)c1)c1nc2ccccc2s1.Cl. The lowest BCUT2D eigenvalue weighted by Gasteiger charge is -2.24. The van der Waals surface area contributed by atoms with Gasteiger partial charge in [-0.3, -0.25) is 9.69 Å². The molecule has 0 unspecified atom stereocenters. The molecule has 0 saturated carbocycles. The van der Waals surface area contributed by atoms with Crippen LogP contribution in [0.2, 0.25) is 0 Å². The van der Waals surface area contributed by atoms with Crippen molar-refractivity contribution < 1.29 is 9.53 Å². The van der Waals surface area contributed by atoms with E-state index >= 15 is 0 Å². The molecule has 0 bridgehead atoms. The van der Waals surface area contributed by atoms with Crippen LogP contribution < -0.4 is 9.64 Å². The number of carbonyl (C=O) groups excluding carboxylic acids is 1. The number of thiazole rings is 1. The van der Waals surface area contributed by atoms with E-state index in [0.29, 0.717) is 17.9 Å². The maximum Gasteiger partial charge on any atom is 0.260 e. The van der Waals surface area contributed by atoms with Crippen molar-refractivity contribution in [3.63, 3.8) is 0 Å². The predicted octanol–water partition coefficient (Wildman–Crippen LogP) is 4.72. The summed E-state index contributed by atoms with van der Waals surface area (Å²) in [7, 11) is 1.61. The van der Waals surface area contributed by atoms with Gasteiger partial charge in [-0.25, -0.2) is 4.98 Å². The third kappa shape index (κ3) is 5.01. The fourth-order valence-corrected chi connectivity index (χ4v) is 3.94. The fourth-order valence-electron chi connectivity index (χ4n) is 2.95. The zero-order chi connectivity index (χ0) is 19.2. The Hall–Kier alpha value is -2.15. The molecule has 0 spiro atoms. The zero-order valence-corrected chi connectivity index (χ0v) is 18.1. The first-order valence-corrected chi connectivity index (χ1v) is 10.0. The summed E-state index contributed by atoms with van der Waals surface area (Å²) in [5.74, 6) is 0.619. The molecule has 150 valence electrons. The van der Waals surface area contributed by atoms with Gasteiger partial charge in [0, 0.05) is 18.7 Å². The Morgan fingerprint density at radius 1 is 1.07 bits per heavy atom. The highest BCUT2D eigenvalue weighted by Gasteiger charge is 2.22. The average molecular weight is 420 g/mol. The van der Waals surface area contributed by atoms with Gasteiger partial charge in [0.1, 0.15) is 5.75 Å². The third-order valence-electron chi connectivity index (χ3n) is 4.61. The average Bonchev–Trinajstić information content (AvgIpc) is 3.14. The van der Waals surface area contributed by atoms with Crippen LogP contribution in [-0.2, 0) is 0 Å². The summed E-state index contributed by atoms with van der Waals surface area (Å²) in [5, 5.41) is 0.733. The lowest BCUT2D eigenvalue weighted by atomic mass is 10.2. The van der Waals surface area contributed by atoms with E-state index in [-0.39, 0.29) is 18.3 Å². The number of hydrogen-bond acceptors (Lipinski definition) is 5. The molecule has 28 heavy (non-hydrogen) atoms. The molecule has 1 aromatic heterocycles. The molecule has 0 fully saturated rings. The number of aromatic nitrogens is 1. The molecule has 0 atom stereocenters. The number of likely N-dealkylation sites (N-methyl/N-ethyl adjacent to an activating group) is 1. The largest absolute Gasteiger partial charge is 0.497 e. The summed E-state index contributed by atoms with van der Waals surface area (Å²) in [6.07, 6.45) is 0. The molecular formula is C21H26ClN3O2S. The second-order valence-electron chi connectivity index (χ2n) is 6.18. The van der Waals surface area contributed by atoms with Gasteiger partial charge in [0.15, 0.2) is 5.13 Å². The minimum Gasteiger partial charge on any atom is -0.497 e. The number of hydrogen-bond donors (Lipinski definition) is 0. The van der Waals surface area contributed by atoms with Crippen molar-refractivity contribution in [2.24, 2.45) is 0 Å². The zero-order valence-electron chi connectivity index (χ0n) is 16.4. The molecule has 1 heterocycles. The van der Waals surface area contributed by atoms with Gasteiger partial charge in [0.05, 0.1) is 17.3 Å². The summed E-state index contributed by atoms with van der Waals surface area (Å²) in [4.78, 5) is 22.1. The minimum absolute atomic E-state index is 0. The van der Waals surface area contributed by atoms with E-state index < -0.39 is 0 Å². The number of methoxy groups -OCH3 is 1. The van der Waals surface area contributed by atoms with E-state index in [9.17, 15) is 4.79 Å². The van der Waals surface area contributed by atoms with Gasteiger partial charge >= 0.3 is 0 Å². The summed E-state index contributed by atoms with van der Waals surface area (Å²) in [6, 6.07) is 15.3. The highest BCUT2D eigenvalue weighted by atomic mass is 35.5. The number of ether oxygens (including phenoxy) is 1. The Balaban J connectivity index is 0.00000280. The number of para-hydroxylation sites is 1. The lowest BCUT2D eigenvalue weighted by Crippen LogP contribution is -2.38. The van der Waals surface area contributed by atoms with Crippen LogP contribution in [0.4, 0.5) is 5.13 Å². The van der Waals surface area contributed by atoms with Gasteiger partial charge in [-0.1, -0.05) is 43.4 Å². The molecular weight excluding hydrogens is 394 g/mol. The van der Waals surface area contributed by atoms with Crippen molar-refractivity contribution in [1.29, 1.82) is 0 Å². The molecule has 3 rings (SSSR count). The Bertz CT molecular complexity index is 878. The highest BCUT2D eigenvalue weighted by molar-refractivity contribution is 7.22. The Labute approximate surface area is 176 Å². The van der Waals surface area contributed by atoms with Gasteiger partial charge in [-0.05, 0) is 43.4 Å². The van der Waals surface area contributed by atoms with Crippen molar-refractivity contribution in [2.75, 3.05) is 38.2 Å². The number of rotatable bonds is 8. The molecule has 0 N–H and O–H groups in total. The van der Waals surface area contributed by atoms with E-state index in [4.69, 9.17) is 9.72 Å². The molecule has 0 aliphatic carbocycles. The van der Waals surface area contributed by atoms with Crippen LogP contribution >= 0.6 is 23.7 Å². The first kappa shape index (κ1) is 22.1. The van der Waals surface area contributed by atoms with Crippen molar-refractivity contribution in [3.05, 3.63) is 54.1 Å². The standard InChI is InChI=1S/C21H25N3O2S.ClH/c1-4-23(5-2)13-14-24(20(25)16-9-8-10-17(15-16)26-3)21-22-18-11-6-7-12-19(18)27-21;/h6-12,15H,4-5,13-14H2,1-3H3;1H. The highest BCUT2D eigenvalue weighted by Crippen LogP contribution is 2.30. The van der Waals surface area contributed by atoms with Crippen LogP contribution in [0.1, 0.15) is 24.2 Å². The normalized spacial score (nSPS) is 10.7. The van der Waals surface area contributed by atoms with E-state index in [1.165, 1.54) is 0 Å². The Morgan fingerprint density at radius 3 is 2.50 bits per heavy atom. The second kappa shape index (κ2) is 10.4.